The minimum Gasteiger partial charge on any atom is -0.399 e. The van der Waals surface area contributed by atoms with Crippen LogP contribution in [0.1, 0.15) is 11.1 Å². The third kappa shape index (κ3) is 3.67. The molecule has 2 aromatic rings. The van der Waals surface area contributed by atoms with E-state index in [-0.39, 0.29) is 5.69 Å². The van der Waals surface area contributed by atoms with Crippen molar-refractivity contribution in [2.45, 2.75) is 22.9 Å². The molecule has 19 heavy (non-hydrogen) atoms. The van der Waals surface area contributed by atoms with Gasteiger partial charge < -0.3 is 5.73 Å². The van der Waals surface area contributed by atoms with Gasteiger partial charge in [0.2, 0.25) is 0 Å². The molecule has 0 atom stereocenters. The van der Waals surface area contributed by atoms with Gasteiger partial charge in [-0.3, -0.25) is 0 Å². The standard InChI is InChI=1S/C14H12F3NS/c1-9-2-4-12(5-3-9)19-13-7-10(14(15,16)17)6-11(18)8-13/h2-8H,18H2,1H3. The number of aryl methyl sites for hydroxylation is 1. The Morgan fingerprint density at radius 3 is 2.16 bits per heavy atom. The van der Waals surface area contributed by atoms with Crippen LogP contribution in [0, 0.1) is 6.92 Å². The maximum Gasteiger partial charge on any atom is 0.416 e. The van der Waals surface area contributed by atoms with Crippen molar-refractivity contribution in [3.63, 3.8) is 0 Å². The predicted octanol–water partition coefficient (Wildman–Crippen LogP) is 4.75. The van der Waals surface area contributed by atoms with Gasteiger partial charge >= 0.3 is 6.18 Å². The Balaban J connectivity index is 2.30. The normalized spacial score (nSPS) is 11.6. The third-order valence-corrected chi connectivity index (χ3v) is 3.49. The molecule has 0 fully saturated rings. The molecule has 5 heteroatoms. The first-order valence-corrected chi connectivity index (χ1v) is 6.38. The number of nitrogens with two attached hydrogens (primary N) is 1. The summed E-state index contributed by atoms with van der Waals surface area (Å²) in [6.45, 7) is 1.96. The summed E-state index contributed by atoms with van der Waals surface area (Å²) in [5, 5.41) is 0. The Kier molecular flexibility index (Phi) is 3.75. The highest BCUT2D eigenvalue weighted by Gasteiger charge is 2.31. The van der Waals surface area contributed by atoms with Crippen LogP contribution in [0.2, 0.25) is 0 Å². The van der Waals surface area contributed by atoms with Gasteiger partial charge in [0.25, 0.3) is 0 Å². The van der Waals surface area contributed by atoms with Crippen LogP contribution in [0.3, 0.4) is 0 Å². The molecule has 2 rings (SSSR count). The van der Waals surface area contributed by atoms with Crippen LogP contribution in [0.25, 0.3) is 0 Å². The third-order valence-electron chi connectivity index (χ3n) is 2.51. The average Bonchev–Trinajstić information content (AvgIpc) is 2.30. The zero-order chi connectivity index (χ0) is 14.0. The molecule has 0 aliphatic carbocycles. The van der Waals surface area contributed by atoms with Gasteiger partial charge in [0.05, 0.1) is 5.56 Å². The fraction of sp³-hybridized carbons (Fsp3) is 0.143. The first-order valence-electron chi connectivity index (χ1n) is 5.57. The van der Waals surface area contributed by atoms with Crippen molar-refractivity contribution in [2.75, 3.05) is 5.73 Å². The average molecular weight is 283 g/mol. The number of benzene rings is 2. The Morgan fingerprint density at radius 1 is 0.947 bits per heavy atom. The van der Waals surface area contributed by atoms with Gasteiger partial charge in [-0.1, -0.05) is 29.5 Å². The SMILES string of the molecule is Cc1ccc(Sc2cc(N)cc(C(F)(F)F)c2)cc1. The molecule has 100 valence electrons. The molecule has 0 amide bonds. The lowest BCUT2D eigenvalue weighted by molar-refractivity contribution is -0.137. The maximum atomic E-state index is 12.7. The van der Waals surface area contributed by atoms with Crippen LogP contribution in [-0.4, -0.2) is 0 Å². The lowest BCUT2D eigenvalue weighted by Crippen LogP contribution is -2.05. The van der Waals surface area contributed by atoms with E-state index >= 15 is 0 Å². The molecule has 0 spiro atoms. The number of anilines is 1. The Labute approximate surface area is 113 Å². The fourth-order valence-corrected chi connectivity index (χ4v) is 2.51. The minimum atomic E-state index is -4.38. The molecule has 0 bridgehead atoms. The largest absolute Gasteiger partial charge is 0.416 e. The Bertz CT molecular complexity index is 576. The van der Waals surface area contributed by atoms with Crippen molar-refractivity contribution in [1.82, 2.24) is 0 Å². The summed E-state index contributed by atoms with van der Waals surface area (Å²) in [5.41, 5.74) is 6.02. The van der Waals surface area contributed by atoms with Crippen molar-refractivity contribution in [1.29, 1.82) is 0 Å². The zero-order valence-corrected chi connectivity index (χ0v) is 11.0. The first-order chi connectivity index (χ1) is 8.84. The van der Waals surface area contributed by atoms with E-state index in [1.54, 1.807) is 6.07 Å². The van der Waals surface area contributed by atoms with E-state index in [0.29, 0.717) is 4.90 Å². The van der Waals surface area contributed by atoms with E-state index in [1.807, 2.05) is 31.2 Å². The van der Waals surface area contributed by atoms with Gasteiger partial charge in [-0.05, 0) is 37.3 Å². The van der Waals surface area contributed by atoms with E-state index in [9.17, 15) is 13.2 Å². The number of nitrogen functional groups attached to an aromatic ring is 1. The van der Waals surface area contributed by atoms with Gasteiger partial charge in [-0.25, -0.2) is 0 Å². The molecule has 1 nitrogen and oxygen atoms in total. The monoisotopic (exact) mass is 283 g/mol. The van der Waals surface area contributed by atoms with Gasteiger partial charge in [-0.15, -0.1) is 0 Å². The molecule has 0 saturated carbocycles. The van der Waals surface area contributed by atoms with Crippen molar-refractivity contribution >= 4 is 17.4 Å². The molecule has 0 radical (unpaired) electrons. The summed E-state index contributed by atoms with van der Waals surface area (Å²) in [4.78, 5) is 1.36. The lowest BCUT2D eigenvalue weighted by atomic mass is 10.2. The molecular formula is C14H12F3NS. The predicted molar refractivity (Wildman–Crippen MR) is 71.2 cm³/mol. The number of rotatable bonds is 2. The van der Waals surface area contributed by atoms with Crippen LogP contribution in [0.4, 0.5) is 18.9 Å². The van der Waals surface area contributed by atoms with Gasteiger partial charge in [0.15, 0.2) is 0 Å². The van der Waals surface area contributed by atoms with Crippen LogP contribution in [-0.2, 0) is 6.18 Å². The van der Waals surface area contributed by atoms with Crippen molar-refractivity contribution in [3.05, 3.63) is 53.6 Å². The molecule has 0 unspecified atom stereocenters. The molecule has 0 saturated heterocycles. The second-order valence-electron chi connectivity index (χ2n) is 4.20. The van der Waals surface area contributed by atoms with Gasteiger partial charge in [0.1, 0.15) is 0 Å². The number of halogens is 3. The van der Waals surface area contributed by atoms with Crippen LogP contribution in [0.15, 0.2) is 52.3 Å². The highest BCUT2D eigenvalue weighted by atomic mass is 32.2. The van der Waals surface area contributed by atoms with Crippen LogP contribution in [0.5, 0.6) is 0 Å². The highest BCUT2D eigenvalue weighted by Crippen LogP contribution is 2.36. The zero-order valence-electron chi connectivity index (χ0n) is 10.2. The quantitative estimate of drug-likeness (QED) is 0.805. The van der Waals surface area contributed by atoms with Crippen molar-refractivity contribution < 1.29 is 13.2 Å². The number of hydrogen-bond donors (Lipinski definition) is 1. The highest BCUT2D eigenvalue weighted by molar-refractivity contribution is 7.99. The number of hydrogen-bond acceptors (Lipinski definition) is 2. The summed E-state index contributed by atoms with van der Waals surface area (Å²) >= 11 is 1.26. The lowest BCUT2D eigenvalue weighted by Gasteiger charge is -2.10. The fourth-order valence-electron chi connectivity index (χ4n) is 1.59. The Morgan fingerprint density at radius 2 is 1.58 bits per heavy atom. The van der Waals surface area contributed by atoms with Crippen molar-refractivity contribution in [3.8, 4) is 0 Å². The second kappa shape index (κ2) is 5.17. The molecule has 0 aliphatic rings. The first kappa shape index (κ1) is 13.8. The van der Waals surface area contributed by atoms with Crippen molar-refractivity contribution in [2.24, 2.45) is 0 Å². The van der Waals surface area contributed by atoms with E-state index < -0.39 is 11.7 Å². The molecule has 2 aromatic carbocycles. The maximum absolute atomic E-state index is 12.7. The molecule has 0 aliphatic heterocycles. The molecule has 2 N–H and O–H groups in total. The Hall–Kier alpha value is -1.62. The summed E-state index contributed by atoms with van der Waals surface area (Å²) < 4.78 is 38.0. The summed E-state index contributed by atoms with van der Waals surface area (Å²) in [7, 11) is 0. The number of alkyl halides is 3. The smallest absolute Gasteiger partial charge is 0.399 e. The van der Waals surface area contributed by atoms with Crippen LogP contribution >= 0.6 is 11.8 Å². The molecule has 0 heterocycles. The summed E-state index contributed by atoms with van der Waals surface area (Å²) in [6, 6.07) is 11.2. The van der Waals surface area contributed by atoms with E-state index in [1.165, 1.54) is 11.8 Å². The van der Waals surface area contributed by atoms with Crippen LogP contribution < -0.4 is 5.73 Å². The van der Waals surface area contributed by atoms with E-state index in [2.05, 4.69) is 0 Å². The molecule has 0 aromatic heterocycles. The van der Waals surface area contributed by atoms with E-state index in [0.717, 1.165) is 22.6 Å². The second-order valence-corrected chi connectivity index (χ2v) is 5.35. The topological polar surface area (TPSA) is 26.0 Å². The minimum absolute atomic E-state index is 0.115. The van der Waals surface area contributed by atoms with Gasteiger partial charge in [-0.2, -0.15) is 13.2 Å². The van der Waals surface area contributed by atoms with Gasteiger partial charge in [0, 0.05) is 15.5 Å². The summed E-state index contributed by atoms with van der Waals surface area (Å²) in [6.07, 6.45) is -4.38. The summed E-state index contributed by atoms with van der Waals surface area (Å²) in [5.74, 6) is 0. The molecular weight excluding hydrogens is 271 g/mol. The van der Waals surface area contributed by atoms with E-state index in [4.69, 9.17) is 5.73 Å².